The Morgan fingerprint density at radius 3 is 2.00 bits per heavy atom. The quantitative estimate of drug-likeness (QED) is 0.404. The summed E-state index contributed by atoms with van der Waals surface area (Å²) in [6.07, 6.45) is 5.11. The van der Waals surface area contributed by atoms with E-state index in [4.69, 9.17) is 6.42 Å². The summed E-state index contributed by atoms with van der Waals surface area (Å²) in [5, 5.41) is 0. The van der Waals surface area contributed by atoms with Gasteiger partial charge in [-0.05, 0) is 0 Å². The summed E-state index contributed by atoms with van der Waals surface area (Å²) in [5.74, 6) is 2.47. The molecule has 0 heterocycles. The van der Waals surface area contributed by atoms with Crippen molar-refractivity contribution in [3.8, 4) is 12.3 Å². The predicted molar refractivity (Wildman–Crippen MR) is 61.9 cm³/mol. The molecule has 0 aromatic heterocycles. The van der Waals surface area contributed by atoms with Gasteiger partial charge in [-0.2, -0.15) is 42.7 Å². The normalized spacial score (nSPS) is 7.67. The Balaban J connectivity index is 0.000000280. The first kappa shape index (κ1) is 13.5. The third kappa shape index (κ3) is 5.08. The van der Waals surface area contributed by atoms with Gasteiger partial charge >= 0.3 is 17.1 Å². The Hall–Kier alpha value is -1.48. The summed E-state index contributed by atoms with van der Waals surface area (Å²) in [6, 6.07) is 17.8. The van der Waals surface area contributed by atoms with Gasteiger partial charge in [-0.15, -0.1) is 18.7 Å². The molecule has 76 valence electrons. The average Bonchev–Trinajstić information content (AvgIpc) is 2.91. The van der Waals surface area contributed by atoms with Crippen molar-refractivity contribution in [1.82, 2.24) is 0 Å². The fourth-order valence-corrected chi connectivity index (χ4v) is 0.979. The van der Waals surface area contributed by atoms with E-state index in [1.807, 2.05) is 54.6 Å². The molecule has 0 saturated heterocycles. The summed E-state index contributed by atoms with van der Waals surface area (Å²) in [4.78, 5) is 0. The van der Waals surface area contributed by atoms with Gasteiger partial charge in [0.1, 0.15) is 0 Å². The molecule has 0 atom stereocenters. The second-order valence-electron chi connectivity index (χ2n) is 2.76. The van der Waals surface area contributed by atoms with Crippen LogP contribution in [0.15, 0.2) is 61.2 Å². The molecule has 0 N–H and O–H groups in total. The van der Waals surface area contributed by atoms with Crippen molar-refractivity contribution in [2.24, 2.45) is 0 Å². The van der Waals surface area contributed by atoms with Crippen LogP contribution < -0.4 is 0 Å². The molecule has 0 aliphatic heterocycles. The zero-order valence-corrected chi connectivity index (χ0v) is 9.44. The van der Waals surface area contributed by atoms with Crippen molar-refractivity contribution >= 4 is 5.57 Å². The molecule has 0 spiro atoms. The van der Waals surface area contributed by atoms with E-state index in [9.17, 15) is 0 Å². The van der Waals surface area contributed by atoms with E-state index < -0.39 is 0 Å². The van der Waals surface area contributed by atoms with E-state index in [0.29, 0.717) is 0 Å². The molecular weight excluding hydrogens is 224 g/mol. The van der Waals surface area contributed by atoms with Gasteiger partial charge in [-0.3, -0.25) is 0 Å². The molecule has 15 heavy (non-hydrogen) atoms. The topological polar surface area (TPSA) is 0 Å². The third-order valence-corrected chi connectivity index (χ3v) is 1.74. The Morgan fingerprint density at radius 1 is 1.13 bits per heavy atom. The second kappa shape index (κ2) is 7.88. The molecule has 0 bridgehead atoms. The van der Waals surface area contributed by atoms with Crippen LogP contribution in [0.4, 0.5) is 0 Å². The van der Waals surface area contributed by atoms with E-state index in [0.717, 1.165) is 11.1 Å². The van der Waals surface area contributed by atoms with E-state index in [-0.39, 0.29) is 17.1 Å². The van der Waals surface area contributed by atoms with Crippen LogP contribution in [0.3, 0.4) is 0 Å². The largest absolute Gasteiger partial charge is 2.00 e. The molecular formula is C14H12Fe. The number of terminal acetylenes is 1. The van der Waals surface area contributed by atoms with E-state index in [2.05, 4.69) is 12.5 Å². The van der Waals surface area contributed by atoms with Crippen molar-refractivity contribution in [3.05, 3.63) is 66.7 Å². The van der Waals surface area contributed by atoms with Crippen molar-refractivity contribution in [1.29, 1.82) is 0 Å². The Bertz CT molecular complexity index is 368. The van der Waals surface area contributed by atoms with Crippen LogP contribution in [0.1, 0.15) is 5.56 Å². The standard InChI is InChI=1S/C9H7.C5H5.Fe/c1-3-8(2)9-6-4-5-7-9;1-2-4-5-3-1;/h1,4-7H,2H2;1-5H;/q2*-1;+2. The van der Waals surface area contributed by atoms with Crippen molar-refractivity contribution in [3.63, 3.8) is 0 Å². The average molecular weight is 236 g/mol. The van der Waals surface area contributed by atoms with Gasteiger partial charge in [-0.1, -0.05) is 11.1 Å². The first-order chi connectivity index (χ1) is 6.84. The van der Waals surface area contributed by atoms with Crippen LogP contribution in [0.5, 0.6) is 0 Å². The first-order valence-corrected chi connectivity index (χ1v) is 4.39. The zero-order valence-electron chi connectivity index (χ0n) is 8.33. The van der Waals surface area contributed by atoms with Crippen molar-refractivity contribution < 1.29 is 17.1 Å². The van der Waals surface area contributed by atoms with E-state index >= 15 is 0 Å². The summed E-state index contributed by atoms with van der Waals surface area (Å²) in [5.41, 5.74) is 1.79. The summed E-state index contributed by atoms with van der Waals surface area (Å²) in [6.45, 7) is 3.68. The minimum atomic E-state index is 0. The van der Waals surface area contributed by atoms with Crippen LogP contribution in [-0.2, 0) is 17.1 Å². The smallest absolute Gasteiger partial charge is 0.214 e. The maximum atomic E-state index is 5.11. The minimum Gasteiger partial charge on any atom is -0.214 e. The minimum absolute atomic E-state index is 0. The van der Waals surface area contributed by atoms with Crippen LogP contribution in [-0.4, -0.2) is 0 Å². The molecule has 2 aromatic carbocycles. The van der Waals surface area contributed by atoms with Gasteiger partial charge in [-0.25, -0.2) is 12.1 Å². The SMILES string of the molecule is C#CC(=C)[c-]1cccc1.[Fe+2].c1cc[cH-]c1. The Labute approximate surface area is 102 Å². The first-order valence-electron chi connectivity index (χ1n) is 4.39. The molecule has 2 rings (SSSR count). The van der Waals surface area contributed by atoms with Gasteiger partial charge in [0, 0.05) is 0 Å². The van der Waals surface area contributed by atoms with Crippen LogP contribution in [0.25, 0.3) is 5.57 Å². The van der Waals surface area contributed by atoms with Gasteiger partial charge in [0.15, 0.2) is 0 Å². The summed E-state index contributed by atoms with van der Waals surface area (Å²) >= 11 is 0. The molecule has 0 aliphatic carbocycles. The third-order valence-electron chi connectivity index (χ3n) is 1.74. The molecule has 0 amide bonds. The van der Waals surface area contributed by atoms with Crippen LogP contribution in [0, 0.1) is 12.3 Å². The van der Waals surface area contributed by atoms with Gasteiger partial charge in [0.25, 0.3) is 0 Å². The van der Waals surface area contributed by atoms with E-state index in [1.165, 1.54) is 0 Å². The molecule has 0 radical (unpaired) electrons. The number of rotatable bonds is 1. The molecule has 0 unspecified atom stereocenters. The molecule has 0 saturated carbocycles. The second-order valence-corrected chi connectivity index (χ2v) is 2.76. The fourth-order valence-electron chi connectivity index (χ4n) is 0.979. The van der Waals surface area contributed by atoms with Crippen molar-refractivity contribution in [2.75, 3.05) is 0 Å². The van der Waals surface area contributed by atoms with Crippen LogP contribution in [0.2, 0.25) is 0 Å². The van der Waals surface area contributed by atoms with Gasteiger partial charge in [0.05, 0.1) is 0 Å². The Morgan fingerprint density at radius 2 is 1.67 bits per heavy atom. The number of hydrogen-bond acceptors (Lipinski definition) is 0. The zero-order chi connectivity index (χ0) is 10.2. The molecule has 1 heteroatoms. The molecule has 0 fully saturated rings. The molecule has 2 aromatic rings. The van der Waals surface area contributed by atoms with Gasteiger partial charge < -0.3 is 0 Å². The fraction of sp³-hybridized carbons (Fsp3) is 0. The monoisotopic (exact) mass is 236 g/mol. The van der Waals surface area contributed by atoms with Crippen LogP contribution >= 0.6 is 0 Å². The molecule has 0 aliphatic rings. The molecule has 0 nitrogen and oxygen atoms in total. The van der Waals surface area contributed by atoms with Gasteiger partial charge in [0.2, 0.25) is 0 Å². The number of allylic oxidation sites excluding steroid dienone is 1. The maximum absolute atomic E-state index is 5.11. The summed E-state index contributed by atoms with van der Waals surface area (Å²) < 4.78 is 0. The Kier molecular flexibility index (Phi) is 7.10. The predicted octanol–water partition coefficient (Wildman–Crippen LogP) is 3.45. The number of hydrogen-bond donors (Lipinski definition) is 0. The summed E-state index contributed by atoms with van der Waals surface area (Å²) in [7, 11) is 0. The maximum Gasteiger partial charge on any atom is 2.00 e. The van der Waals surface area contributed by atoms with E-state index in [1.54, 1.807) is 0 Å². The van der Waals surface area contributed by atoms with Crippen molar-refractivity contribution in [2.45, 2.75) is 0 Å².